The van der Waals surface area contributed by atoms with E-state index in [4.69, 9.17) is 0 Å². The minimum Gasteiger partial charge on any atom is -0.320 e. The average molecular weight is 200 g/mol. The first-order valence-corrected chi connectivity index (χ1v) is 4.48. The van der Waals surface area contributed by atoms with Crippen molar-refractivity contribution in [2.75, 3.05) is 5.32 Å². The summed E-state index contributed by atoms with van der Waals surface area (Å²) in [6.07, 6.45) is 7.04. The van der Waals surface area contributed by atoms with Gasteiger partial charge in [-0.1, -0.05) is 0 Å². The molecule has 0 saturated carbocycles. The predicted octanol–water partition coefficient (Wildman–Crippen LogP) is 1.20. The first-order chi connectivity index (χ1) is 7.42. The third kappa shape index (κ3) is 1.41. The van der Waals surface area contributed by atoms with E-state index < -0.39 is 0 Å². The number of nitrogens with one attached hydrogen (secondary N) is 2. The number of nitrogens with zero attached hydrogens (tertiary/aromatic N) is 4. The summed E-state index contributed by atoms with van der Waals surface area (Å²) in [4.78, 5) is 4.17. The molecule has 6 heteroatoms. The SMILES string of the molecule is c1cc2cnc(Nc3cn[nH]c3)nn2c1. The minimum atomic E-state index is 0.542. The molecule has 15 heavy (non-hydrogen) atoms. The van der Waals surface area contributed by atoms with Gasteiger partial charge < -0.3 is 5.32 Å². The molecule has 0 amide bonds. The Labute approximate surface area is 85.0 Å². The summed E-state index contributed by atoms with van der Waals surface area (Å²) >= 11 is 0. The van der Waals surface area contributed by atoms with Crippen LogP contribution in [-0.4, -0.2) is 24.8 Å². The molecule has 0 aliphatic carbocycles. The van der Waals surface area contributed by atoms with Gasteiger partial charge in [-0.3, -0.25) is 5.10 Å². The molecule has 0 bridgehead atoms. The van der Waals surface area contributed by atoms with Gasteiger partial charge in [-0.15, -0.1) is 5.10 Å². The molecule has 3 rings (SSSR count). The first kappa shape index (κ1) is 7.98. The lowest BCUT2D eigenvalue weighted by molar-refractivity contribution is 0.913. The number of hydrogen-bond donors (Lipinski definition) is 2. The van der Waals surface area contributed by atoms with E-state index >= 15 is 0 Å². The van der Waals surface area contributed by atoms with E-state index in [0.29, 0.717) is 5.95 Å². The number of H-pyrrole nitrogens is 1. The smallest absolute Gasteiger partial charge is 0.245 e. The standard InChI is InChI=1S/C9H8N6/c1-2-8-6-10-9(14-15(8)3-1)13-7-4-11-12-5-7/h1-6H,(H,11,12)(H,13,14). The molecule has 0 spiro atoms. The van der Waals surface area contributed by atoms with Crippen LogP contribution in [-0.2, 0) is 0 Å². The van der Waals surface area contributed by atoms with Gasteiger partial charge in [0.1, 0.15) is 0 Å². The largest absolute Gasteiger partial charge is 0.320 e. The Balaban J connectivity index is 1.97. The molecule has 0 saturated heterocycles. The second-order valence-corrected chi connectivity index (χ2v) is 3.07. The molecule has 3 heterocycles. The van der Waals surface area contributed by atoms with E-state index in [-0.39, 0.29) is 0 Å². The van der Waals surface area contributed by atoms with Crippen LogP contribution >= 0.6 is 0 Å². The van der Waals surface area contributed by atoms with E-state index in [2.05, 4.69) is 25.6 Å². The quantitative estimate of drug-likeness (QED) is 0.652. The molecule has 3 aromatic heterocycles. The van der Waals surface area contributed by atoms with E-state index in [1.165, 1.54) is 0 Å². The second-order valence-electron chi connectivity index (χ2n) is 3.07. The highest BCUT2D eigenvalue weighted by Gasteiger charge is 1.99. The van der Waals surface area contributed by atoms with Crippen molar-refractivity contribution in [1.29, 1.82) is 0 Å². The lowest BCUT2D eigenvalue weighted by Gasteiger charge is -2.01. The number of hydrogen-bond acceptors (Lipinski definition) is 4. The van der Waals surface area contributed by atoms with E-state index in [9.17, 15) is 0 Å². The Morgan fingerprint density at radius 3 is 3.20 bits per heavy atom. The molecule has 6 nitrogen and oxygen atoms in total. The number of rotatable bonds is 2. The molecule has 0 aromatic carbocycles. The normalized spacial score (nSPS) is 10.7. The van der Waals surface area contributed by atoms with Crippen LogP contribution in [0, 0.1) is 0 Å². The maximum Gasteiger partial charge on any atom is 0.245 e. The Morgan fingerprint density at radius 2 is 2.33 bits per heavy atom. The summed E-state index contributed by atoms with van der Waals surface area (Å²) in [6, 6.07) is 3.87. The predicted molar refractivity (Wildman–Crippen MR) is 54.9 cm³/mol. The van der Waals surface area contributed by atoms with Crippen molar-refractivity contribution in [3.8, 4) is 0 Å². The summed E-state index contributed by atoms with van der Waals surface area (Å²) in [7, 11) is 0. The molecular formula is C9H8N6. The molecule has 0 fully saturated rings. The van der Waals surface area contributed by atoms with Crippen LogP contribution in [0.3, 0.4) is 0 Å². The van der Waals surface area contributed by atoms with Gasteiger partial charge in [0, 0.05) is 12.4 Å². The Kier molecular flexibility index (Phi) is 1.64. The summed E-state index contributed by atoms with van der Waals surface area (Å²) < 4.78 is 1.76. The maximum atomic E-state index is 4.26. The summed E-state index contributed by atoms with van der Waals surface area (Å²) in [6.45, 7) is 0. The molecule has 0 radical (unpaired) electrons. The fourth-order valence-electron chi connectivity index (χ4n) is 1.34. The van der Waals surface area contributed by atoms with Crippen molar-refractivity contribution < 1.29 is 0 Å². The lowest BCUT2D eigenvalue weighted by Crippen LogP contribution is -2.00. The molecule has 3 aromatic rings. The summed E-state index contributed by atoms with van der Waals surface area (Å²) in [5.74, 6) is 0.542. The van der Waals surface area contributed by atoms with Crippen LogP contribution in [0.1, 0.15) is 0 Å². The van der Waals surface area contributed by atoms with Crippen molar-refractivity contribution in [2.45, 2.75) is 0 Å². The zero-order chi connectivity index (χ0) is 10.1. The summed E-state index contributed by atoms with van der Waals surface area (Å²) in [5.41, 5.74) is 1.80. The van der Waals surface area contributed by atoms with Crippen LogP contribution in [0.2, 0.25) is 0 Å². The second kappa shape index (κ2) is 3.09. The van der Waals surface area contributed by atoms with Crippen LogP contribution in [0.15, 0.2) is 36.9 Å². The average Bonchev–Trinajstić information content (AvgIpc) is 2.87. The Bertz CT molecular complexity index is 567. The molecule has 2 N–H and O–H groups in total. The van der Waals surface area contributed by atoms with Gasteiger partial charge in [-0.2, -0.15) is 5.10 Å². The van der Waals surface area contributed by atoms with Crippen molar-refractivity contribution in [2.24, 2.45) is 0 Å². The zero-order valence-corrected chi connectivity index (χ0v) is 7.75. The molecule has 0 aliphatic rings. The van der Waals surface area contributed by atoms with Crippen molar-refractivity contribution in [1.82, 2.24) is 24.8 Å². The third-order valence-corrected chi connectivity index (χ3v) is 2.03. The molecule has 0 aliphatic heterocycles. The molecule has 74 valence electrons. The van der Waals surface area contributed by atoms with Gasteiger partial charge in [-0.05, 0) is 12.1 Å². The molecule has 0 atom stereocenters. The number of fused-ring (bicyclic) bond motifs is 1. The fourth-order valence-corrected chi connectivity index (χ4v) is 1.34. The van der Waals surface area contributed by atoms with Gasteiger partial charge in [-0.25, -0.2) is 9.50 Å². The van der Waals surface area contributed by atoms with Gasteiger partial charge >= 0.3 is 0 Å². The molecular weight excluding hydrogens is 192 g/mol. The van der Waals surface area contributed by atoms with Gasteiger partial charge in [0.05, 0.1) is 23.6 Å². The Morgan fingerprint density at radius 1 is 1.33 bits per heavy atom. The molecule has 0 unspecified atom stereocenters. The van der Waals surface area contributed by atoms with Crippen LogP contribution in [0.4, 0.5) is 11.6 Å². The third-order valence-electron chi connectivity index (χ3n) is 2.03. The minimum absolute atomic E-state index is 0.542. The van der Waals surface area contributed by atoms with E-state index in [1.54, 1.807) is 23.1 Å². The maximum absolute atomic E-state index is 4.26. The number of aromatic nitrogens is 5. The number of anilines is 2. The van der Waals surface area contributed by atoms with Crippen molar-refractivity contribution in [3.63, 3.8) is 0 Å². The lowest BCUT2D eigenvalue weighted by atomic mass is 10.5. The Hall–Kier alpha value is -2.37. The van der Waals surface area contributed by atoms with Crippen LogP contribution in [0.5, 0.6) is 0 Å². The highest BCUT2D eigenvalue weighted by Crippen LogP contribution is 2.10. The highest BCUT2D eigenvalue weighted by molar-refractivity contribution is 5.52. The van der Waals surface area contributed by atoms with E-state index in [0.717, 1.165) is 11.2 Å². The first-order valence-electron chi connectivity index (χ1n) is 4.48. The monoisotopic (exact) mass is 200 g/mol. The van der Waals surface area contributed by atoms with E-state index in [1.807, 2.05) is 18.3 Å². The van der Waals surface area contributed by atoms with Gasteiger partial charge in [0.15, 0.2) is 0 Å². The van der Waals surface area contributed by atoms with Crippen LogP contribution < -0.4 is 5.32 Å². The zero-order valence-electron chi connectivity index (χ0n) is 7.75. The van der Waals surface area contributed by atoms with Crippen LogP contribution in [0.25, 0.3) is 5.52 Å². The van der Waals surface area contributed by atoms with Crippen molar-refractivity contribution >= 4 is 17.2 Å². The fraction of sp³-hybridized carbons (Fsp3) is 0. The number of aromatic amines is 1. The van der Waals surface area contributed by atoms with Gasteiger partial charge in [0.2, 0.25) is 5.95 Å². The highest BCUT2D eigenvalue weighted by atomic mass is 15.3. The topological polar surface area (TPSA) is 70.9 Å². The summed E-state index contributed by atoms with van der Waals surface area (Å²) in [5, 5.41) is 13.8. The van der Waals surface area contributed by atoms with Gasteiger partial charge in [0.25, 0.3) is 0 Å². The van der Waals surface area contributed by atoms with Crippen molar-refractivity contribution in [3.05, 3.63) is 36.9 Å².